The molecular formula is C15H14ClN3O2. The third kappa shape index (κ3) is 2.61. The highest BCUT2D eigenvalue weighted by Gasteiger charge is 2.15. The third-order valence-corrected chi connectivity index (χ3v) is 3.34. The number of H-pyrrole nitrogens is 1. The van der Waals surface area contributed by atoms with Gasteiger partial charge in [-0.1, -0.05) is 30.3 Å². The van der Waals surface area contributed by atoms with Crippen molar-refractivity contribution in [2.45, 2.75) is 6.54 Å². The van der Waals surface area contributed by atoms with E-state index in [1.165, 1.54) is 6.07 Å². The van der Waals surface area contributed by atoms with Gasteiger partial charge in [0.1, 0.15) is 0 Å². The van der Waals surface area contributed by atoms with Crippen molar-refractivity contribution in [3.8, 4) is 11.1 Å². The van der Waals surface area contributed by atoms with Gasteiger partial charge in [0, 0.05) is 40.8 Å². The lowest BCUT2D eigenvalue weighted by atomic mass is 10.0. The molecule has 0 saturated heterocycles. The number of hydrogen-bond acceptors (Lipinski definition) is 3. The summed E-state index contributed by atoms with van der Waals surface area (Å²) in [7, 11) is 0. The minimum atomic E-state index is -0.386. The summed E-state index contributed by atoms with van der Waals surface area (Å²) < 4.78 is 0. The second kappa shape index (κ2) is 5.95. The van der Waals surface area contributed by atoms with Crippen LogP contribution in [0, 0.1) is 10.1 Å². The topological polar surface area (TPSA) is 85.0 Å². The van der Waals surface area contributed by atoms with Crippen molar-refractivity contribution < 1.29 is 4.92 Å². The van der Waals surface area contributed by atoms with Gasteiger partial charge in [-0.05, 0) is 11.6 Å². The first-order valence-electron chi connectivity index (χ1n) is 6.25. The summed E-state index contributed by atoms with van der Waals surface area (Å²) in [6.07, 6.45) is 0. The number of benzene rings is 2. The molecule has 3 aromatic rings. The summed E-state index contributed by atoms with van der Waals surface area (Å²) in [5.74, 6) is 0. The number of nitro benzene ring substituents is 1. The van der Waals surface area contributed by atoms with Gasteiger partial charge in [0.05, 0.1) is 4.92 Å². The molecule has 3 N–H and O–H groups in total. The number of halogens is 1. The first-order valence-corrected chi connectivity index (χ1v) is 6.25. The van der Waals surface area contributed by atoms with Gasteiger partial charge in [0.2, 0.25) is 0 Å². The molecule has 0 fully saturated rings. The molecule has 0 aliphatic heterocycles. The van der Waals surface area contributed by atoms with E-state index in [0.29, 0.717) is 6.54 Å². The Morgan fingerprint density at radius 1 is 1.14 bits per heavy atom. The van der Waals surface area contributed by atoms with Crippen LogP contribution in [0.2, 0.25) is 0 Å². The standard InChI is InChI=1S/C15H13N3O2.ClH/c16-9-14-15(10-4-2-1-3-5-10)12-8-11(18(19)20)6-7-13(12)17-14;/h1-8,17H,9,16H2;1H. The highest BCUT2D eigenvalue weighted by Crippen LogP contribution is 2.34. The van der Waals surface area contributed by atoms with Crippen molar-refractivity contribution in [2.75, 3.05) is 0 Å². The van der Waals surface area contributed by atoms with Crippen molar-refractivity contribution in [3.05, 3.63) is 64.3 Å². The Labute approximate surface area is 127 Å². The zero-order valence-electron chi connectivity index (χ0n) is 11.1. The summed E-state index contributed by atoms with van der Waals surface area (Å²) in [6.45, 7) is 0.354. The molecule has 1 aromatic heterocycles. The van der Waals surface area contributed by atoms with Crippen molar-refractivity contribution in [1.29, 1.82) is 0 Å². The van der Waals surface area contributed by atoms with Crippen LogP contribution in [0.1, 0.15) is 5.69 Å². The maximum atomic E-state index is 10.9. The van der Waals surface area contributed by atoms with Crippen LogP contribution in [0.25, 0.3) is 22.0 Å². The molecule has 5 nitrogen and oxygen atoms in total. The van der Waals surface area contributed by atoms with Gasteiger partial charge in [0.25, 0.3) is 5.69 Å². The maximum Gasteiger partial charge on any atom is 0.270 e. The smallest absolute Gasteiger partial charge is 0.270 e. The van der Waals surface area contributed by atoms with Crippen LogP contribution in [0.15, 0.2) is 48.5 Å². The van der Waals surface area contributed by atoms with Gasteiger partial charge in [-0.15, -0.1) is 12.4 Å². The van der Waals surface area contributed by atoms with E-state index in [2.05, 4.69) is 4.98 Å². The minimum Gasteiger partial charge on any atom is -0.357 e. The molecule has 0 aliphatic rings. The molecule has 21 heavy (non-hydrogen) atoms. The molecule has 0 radical (unpaired) electrons. The average Bonchev–Trinajstić information content (AvgIpc) is 2.85. The molecule has 0 amide bonds. The molecule has 1 heterocycles. The van der Waals surface area contributed by atoms with Crippen LogP contribution in [-0.2, 0) is 6.54 Å². The molecule has 3 rings (SSSR count). The Morgan fingerprint density at radius 3 is 2.48 bits per heavy atom. The predicted molar refractivity (Wildman–Crippen MR) is 85.5 cm³/mol. The third-order valence-electron chi connectivity index (χ3n) is 3.34. The van der Waals surface area contributed by atoms with Crippen molar-refractivity contribution >= 4 is 29.0 Å². The number of aromatic amines is 1. The van der Waals surface area contributed by atoms with E-state index in [1.54, 1.807) is 12.1 Å². The van der Waals surface area contributed by atoms with E-state index in [0.717, 1.165) is 27.7 Å². The number of nitro groups is 1. The lowest BCUT2D eigenvalue weighted by Gasteiger charge is -2.03. The molecule has 0 unspecified atom stereocenters. The van der Waals surface area contributed by atoms with Crippen LogP contribution in [0.3, 0.4) is 0 Å². The van der Waals surface area contributed by atoms with Crippen LogP contribution < -0.4 is 5.73 Å². The van der Waals surface area contributed by atoms with Crippen molar-refractivity contribution in [2.24, 2.45) is 5.73 Å². The molecule has 6 heteroatoms. The van der Waals surface area contributed by atoms with Crippen LogP contribution >= 0.6 is 12.4 Å². The van der Waals surface area contributed by atoms with E-state index in [1.807, 2.05) is 30.3 Å². The number of aromatic nitrogens is 1. The summed E-state index contributed by atoms with van der Waals surface area (Å²) >= 11 is 0. The SMILES string of the molecule is Cl.NCc1[nH]c2ccc([N+](=O)[O-])cc2c1-c1ccccc1. The van der Waals surface area contributed by atoms with Crippen LogP contribution in [0.5, 0.6) is 0 Å². The molecule has 0 atom stereocenters. The Kier molecular flexibility index (Phi) is 4.26. The van der Waals surface area contributed by atoms with Gasteiger partial charge in [-0.2, -0.15) is 0 Å². The van der Waals surface area contributed by atoms with Crippen LogP contribution in [-0.4, -0.2) is 9.91 Å². The molecule has 0 bridgehead atoms. The van der Waals surface area contributed by atoms with Gasteiger partial charge in [0.15, 0.2) is 0 Å². The van der Waals surface area contributed by atoms with Gasteiger partial charge < -0.3 is 10.7 Å². The number of non-ortho nitro benzene ring substituents is 1. The second-order valence-electron chi connectivity index (χ2n) is 4.54. The highest BCUT2D eigenvalue weighted by atomic mass is 35.5. The molecular weight excluding hydrogens is 290 g/mol. The fraction of sp³-hybridized carbons (Fsp3) is 0.0667. The first kappa shape index (κ1) is 15.0. The number of nitrogens with zero attached hydrogens (tertiary/aromatic N) is 1. The first-order chi connectivity index (χ1) is 9.70. The quantitative estimate of drug-likeness (QED) is 0.572. The van der Waals surface area contributed by atoms with Gasteiger partial charge in [-0.3, -0.25) is 10.1 Å². The summed E-state index contributed by atoms with van der Waals surface area (Å²) in [4.78, 5) is 13.8. The molecule has 0 saturated carbocycles. The number of nitrogens with one attached hydrogen (secondary N) is 1. The van der Waals surface area contributed by atoms with E-state index in [4.69, 9.17) is 5.73 Å². The Balaban J connectivity index is 0.00000161. The molecule has 2 aromatic carbocycles. The fourth-order valence-electron chi connectivity index (χ4n) is 2.44. The number of hydrogen-bond donors (Lipinski definition) is 2. The number of nitrogens with two attached hydrogens (primary N) is 1. The lowest BCUT2D eigenvalue weighted by molar-refractivity contribution is -0.384. The van der Waals surface area contributed by atoms with Crippen LogP contribution in [0.4, 0.5) is 5.69 Å². The predicted octanol–water partition coefficient (Wildman–Crippen LogP) is 3.62. The maximum absolute atomic E-state index is 10.9. The number of fused-ring (bicyclic) bond motifs is 1. The Bertz CT molecular complexity index is 784. The Hall–Kier alpha value is -2.37. The van der Waals surface area contributed by atoms with E-state index in [-0.39, 0.29) is 23.0 Å². The van der Waals surface area contributed by atoms with E-state index >= 15 is 0 Å². The summed E-state index contributed by atoms with van der Waals surface area (Å²) in [6, 6.07) is 14.6. The largest absolute Gasteiger partial charge is 0.357 e. The number of rotatable bonds is 3. The zero-order valence-corrected chi connectivity index (χ0v) is 11.9. The fourth-order valence-corrected chi connectivity index (χ4v) is 2.44. The lowest BCUT2D eigenvalue weighted by Crippen LogP contribution is -1.98. The molecule has 0 spiro atoms. The minimum absolute atomic E-state index is 0. The zero-order chi connectivity index (χ0) is 14.1. The summed E-state index contributed by atoms with van der Waals surface area (Å²) in [5.41, 5.74) is 9.54. The Morgan fingerprint density at radius 2 is 1.86 bits per heavy atom. The summed E-state index contributed by atoms with van der Waals surface area (Å²) in [5, 5.41) is 11.8. The average molecular weight is 304 g/mol. The van der Waals surface area contributed by atoms with E-state index < -0.39 is 0 Å². The molecule has 0 aliphatic carbocycles. The van der Waals surface area contributed by atoms with Crippen molar-refractivity contribution in [1.82, 2.24) is 4.98 Å². The van der Waals surface area contributed by atoms with Gasteiger partial charge in [-0.25, -0.2) is 0 Å². The monoisotopic (exact) mass is 303 g/mol. The normalized spacial score (nSPS) is 10.3. The van der Waals surface area contributed by atoms with Gasteiger partial charge >= 0.3 is 0 Å². The van der Waals surface area contributed by atoms with Crippen molar-refractivity contribution in [3.63, 3.8) is 0 Å². The highest BCUT2D eigenvalue weighted by molar-refractivity contribution is 5.98. The molecule has 108 valence electrons. The second-order valence-corrected chi connectivity index (χ2v) is 4.54. The van der Waals surface area contributed by atoms with E-state index in [9.17, 15) is 10.1 Å².